The van der Waals surface area contributed by atoms with Crippen LogP contribution in [0.15, 0.2) is 48.7 Å². The van der Waals surface area contributed by atoms with Crippen LogP contribution in [0, 0.1) is 0 Å². The fraction of sp³-hybridized carbons (Fsp3) is 0.360. The van der Waals surface area contributed by atoms with Gasteiger partial charge in [0.15, 0.2) is 0 Å². The number of aromatic nitrogens is 2. The molecule has 8 nitrogen and oxygen atoms in total. The van der Waals surface area contributed by atoms with E-state index in [2.05, 4.69) is 9.88 Å². The van der Waals surface area contributed by atoms with Crippen molar-refractivity contribution in [2.75, 3.05) is 36.8 Å². The first-order valence-electron chi connectivity index (χ1n) is 11.1. The van der Waals surface area contributed by atoms with Gasteiger partial charge in [-0.15, -0.1) is 0 Å². The van der Waals surface area contributed by atoms with Gasteiger partial charge in [-0.1, -0.05) is 24.3 Å². The zero-order chi connectivity index (χ0) is 23.6. The number of anilines is 2. The smallest absolute Gasteiger partial charge is 0.410 e. The molecule has 4 rings (SSSR count). The summed E-state index contributed by atoms with van der Waals surface area (Å²) in [6.45, 7) is 8.01. The summed E-state index contributed by atoms with van der Waals surface area (Å²) < 4.78 is 5.55. The Morgan fingerprint density at radius 2 is 1.82 bits per heavy atom. The first-order chi connectivity index (χ1) is 15.7. The third kappa shape index (κ3) is 5.05. The Bertz CT molecular complexity index is 1190. The van der Waals surface area contributed by atoms with Crippen LogP contribution in [0.1, 0.15) is 43.2 Å². The summed E-state index contributed by atoms with van der Waals surface area (Å²) in [5.74, 6) is 0.643. The quantitative estimate of drug-likeness (QED) is 0.608. The Morgan fingerprint density at radius 3 is 2.58 bits per heavy atom. The molecule has 0 bridgehead atoms. The number of carbonyl (C=O) groups is 2. The predicted molar refractivity (Wildman–Crippen MR) is 128 cm³/mol. The predicted octanol–water partition coefficient (Wildman–Crippen LogP) is 3.89. The van der Waals surface area contributed by atoms with Crippen molar-refractivity contribution in [3.8, 4) is 0 Å². The first-order valence-corrected chi connectivity index (χ1v) is 11.1. The van der Waals surface area contributed by atoms with Gasteiger partial charge >= 0.3 is 6.09 Å². The maximum Gasteiger partial charge on any atom is 0.410 e. The van der Waals surface area contributed by atoms with E-state index in [4.69, 9.17) is 15.5 Å². The molecular formula is C25H29N5O3. The van der Waals surface area contributed by atoms with Crippen LogP contribution in [0.25, 0.3) is 10.8 Å². The lowest BCUT2D eigenvalue weighted by atomic mass is 10.0. The molecule has 33 heavy (non-hydrogen) atoms. The highest BCUT2D eigenvalue weighted by atomic mass is 16.6. The van der Waals surface area contributed by atoms with Gasteiger partial charge in [0.05, 0.1) is 5.56 Å². The van der Waals surface area contributed by atoms with Crippen molar-refractivity contribution >= 4 is 34.3 Å². The Morgan fingerprint density at radius 1 is 1.03 bits per heavy atom. The number of ketones is 1. The zero-order valence-corrected chi connectivity index (χ0v) is 19.2. The maximum atomic E-state index is 13.2. The average molecular weight is 448 g/mol. The lowest BCUT2D eigenvalue weighted by Gasteiger charge is -2.27. The fourth-order valence-electron chi connectivity index (χ4n) is 3.92. The molecule has 2 N–H and O–H groups in total. The topological polar surface area (TPSA) is 102 Å². The number of benzene rings is 1. The number of hydrogen-bond acceptors (Lipinski definition) is 7. The van der Waals surface area contributed by atoms with Crippen LogP contribution >= 0.6 is 0 Å². The van der Waals surface area contributed by atoms with Crippen LogP contribution in [0.3, 0.4) is 0 Å². The van der Waals surface area contributed by atoms with Gasteiger partial charge in [-0.25, -0.2) is 14.8 Å². The molecule has 0 atom stereocenters. The highest BCUT2D eigenvalue weighted by Crippen LogP contribution is 2.28. The fourth-order valence-corrected chi connectivity index (χ4v) is 3.92. The van der Waals surface area contributed by atoms with Gasteiger partial charge in [-0.2, -0.15) is 0 Å². The molecular weight excluding hydrogens is 418 g/mol. The second kappa shape index (κ2) is 9.05. The van der Waals surface area contributed by atoms with Crippen molar-refractivity contribution < 1.29 is 14.3 Å². The normalized spacial score (nSPS) is 14.8. The maximum absolute atomic E-state index is 13.2. The third-order valence-corrected chi connectivity index (χ3v) is 5.48. The minimum absolute atomic E-state index is 0.182. The van der Waals surface area contributed by atoms with Gasteiger partial charge < -0.3 is 20.3 Å². The number of amides is 1. The summed E-state index contributed by atoms with van der Waals surface area (Å²) in [6.07, 6.45) is 2.01. The number of hydrogen-bond donors (Lipinski definition) is 1. The van der Waals surface area contributed by atoms with Crippen LogP contribution in [-0.2, 0) is 4.74 Å². The van der Waals surface area contributed by atoms with Gasteiger partial charge in [0, 0.05) is 37.8 Å². The number of carbonyl (C=O) groups excluding carboxylic acids is 2. The van der Waals surface area contributed by atoms with Crippen LogP contribution in [-0.4, -0.2) is 58.5 Å². The summed E-state index contributed by atoms with van der Waals surface area (Å²) in [7, 11) is 0. The number of nitrogens with two attached hydrogens (primary N) is 1. The van der Waals surface area contributed by atoms with Gasteiger partial charge in [0.25, 0.3) is 0 Å². The highest BCUT2D eigenvalue weighted by molar-refractivity contribution is 6.12. The van der Waals surface area contributed by atoms with E-state index in [1.165, 1.54) is 0 Å². The molecule has 0 radical (unpaired) electrons. The molecule has 1 saturated heterocycles. The summed E-state index contributed by atoms with van der Waals surface area (Å²) in [5, 5.41) is 1.88. The largest absolute Gasteiger partial charge is 0.444 e. The lowest BCUT2D eigenvalue weighted by molar-refractivity contribution is 0.0263. The van der Waals surface area contributed by atoms with Crippen molar-refractivity contribution in [3.63, 3.8) is 0 Å². The third-order valence-electron chi connectivity index (χ3n) is 5.48. The second-order valence-corrected chi connectivity index (χ2v) is 9.13. The molecule has 0 aliphatic carbocycles. The van der Waals surface area contributed by atoms with E-state index in [-0.39, 0.29) is 17.7 Å². The lowest BCUT2D eigenvalue weighted by Crippen LogP contribution is -2.39. The number of rotatable bonds is 3. The molecule has 0 spiro atoms. The van der Waals surface area contributed by atoms with Crippen LogP contribution in [0.5, 0.6) is 0 Å². The van der Waals surface area contributed by atoms with Crippen molar-refractivity contribution in [1.29, 1.82) is 0 Å². The summed E-state index contributed by atoms with van der Waals surface area (Å²) in [5.41, 5.74) is 6.05. The van der Waals surface area contributed by atoms with Gasteiger partial charge in [0.1, 0.15) is 22.9 Å². The summed E-state index contributed by atoms with van der Waals surface area (Å²) >= 11 is 0. The molecule has 1 aliphatic heterocycles. The van der Waals surface area contributed by atoms with E-state index in [1.807, 2.05) is 45.0 Å². The second-order valence-electron chi connectivity index (χ2n) is 9.13. The average Bonchev–Trinajstić information content (AvgIpc) is 3.03. The molecule has 1 aliphatic rings. The molecule has 1 amide bonds. The Hall–Kier alpha value is -3.68. The number of ether oxygens (including phenoxy) is 1. The molecule has 2 aromatic heterocycles. The van der Waals surface area contributed by atoms with Crippen LogP contribution in [0.2, 0.25) is 0 Å². The minimum Gasteiger partial charge on any atom is -0.444 e. The molecule has 3 aromatic rings. The monoisotopic (exact) mass is 447 g/mol. The number of pyridine rings is 2. The number of nitrogens with zero attached hydrogens (tertiary/aromatic N) is 4. The SMILES string of the molecule is CC(C)(C)OC(=O)N1CCCN(c2nc(C(=O)c3cccnc3N)cc3ccccc23)CC1. The highest BCUT2D eigenvalue weighted by Gasteiger charge is 2.26. The van der Waals surface area contributed by atoms with Crippen molar-refractivity contribution in [2.24, 2.45) is 0 Å². The van der Waals surface area contributed by atoms with E-state index in [1.54, 1.807) is 29.3 Å². The van der Waals surface area contributed by atoms with E-state index >= 15 is 0 Å². The Balaban J connectivity index is 1.65. The van der Waals surface area contributed by atoms with E-state index in [9.17, 15) is 9.59 Å². The molecule has 0 unspecified atom stereocenters. The number of fused-ring (bicyclic) bond motifs is 1. The van der Waals surface area contributed by atoms with Crippen molar-refractivity contribution in [3.05, 3.63) is 59.9 Å². The van der Waals surface area contributed by atoms with E-state index in [0.29, 0.717) is 37.4 Å². The van der Waals surface area contributed by atoms with Crippen molar-refractivity contribution in [2.45, 2.75) is 32.8 Å². The zero-order valence-electron chi connectivity index (χ0n) is 19.2. The molecule has 0 saturated carbocycles. The molecule has 1 fully saturated rings. The number of nitrogen functional groups attached to an aromatic ring is 1. The standard InChI is InChI=1S/C25H29N5O3/c1-25(2,3)33-24(32)30-13-7-12-29(14-15-30)23-18-9-5-4-8-17(18)16-20(28-23)21(31)19-10-6-11-27-22(19)26/h4-6,8-11,16H,7,12-15H2,1-3H3,(H2,26,27). The first kappa shape index (κ1) is 22.5. The molecule has 172 valence electrons. The van der Waals surface area contributed by atoms with E-state index < -0.39 is 5.60 Å². The van der Waals surface area contributed by atoms with E-state index in [0.717, 1.165) is 23.0 Å². The summed E-state index contributed by atoms with van der Waals surface area (Å²) in [4.78, 5) is 38.5. The minimum atomic E-state index is -0.538. The molecule has 1 aromatic carbocycles. The van der Waals surface area contributed by atoms with Gasteiger partial charge in [-0.3, -0.25) is 4.79 Å². The Kier molecular flexibility index (Phi) is 6.18. The Labute approximate surface area is 193 Å². The molecule has 8 heteroatoms. The molecule has 3 heterocycles. The summed E-state index contributed by atoms with van der Waals surface area (Å²) in [6, 6.07) is 13.0. The van der Waals surface area contributed by atoms with Gasteiger partial charge in [-0.05, 0) is 50.8 Å². The van der Waals surface area contributed by atoms with Crippen molar-refractivity contribution in [1.82, 2.24) is 14.9 Å². The van der Waals surface area contributed by atoms with Crippen LogP contribution < -0.4 is 10.6 Å². The van der Waals surface area contributed by atoms with Crippen LogP contribution in [0.4, 0.5) is 16.4 Å². The van der Waals surface area contributed by atoms with Gasteiger partial charge in [0.2, 0.25) is 5.78 Å².